The minimum atomic E-state index is -0.379. The number of H-pyrrole nitrogens is 1. The van der Waals surface area contributed by atoms with Crippen molar-refractivity contribution in [3.63, 3.8) is 0 Å². The van der Waals surface area contributed by atoms with Gasteiger partial charge < -0.3 is 19.9 Å². The molecule has 2 aromatic heterocycles. The summed E-state index contributed by atoms with van der Waals surface area (Å²) in [6.07, 6.45) is 5.67. The van der Waals surface area contributed by atoms with Crippen molar-refractivity contribution in [3.8, 4) is 0 Å². The van der Waals surface area contributed by atoms with Crippen molar-refractivity contribution in [2.75, 3.05) is 31.1 Å². The molecular formula is C17H23N5O2. The van der Waals surface area contributed by atoms with Crippen molar-refractivity contribution in [1.82, 2.24) is 19.9 Å². The van der Waals surface area contributed by atoms with Gasteiger partial charge >= 0.3 is 0 Å². The van der Waals surface area contributed by atoms with Gasteiger partial charge in [-0.1, -0.05) is 0 Å². The molecule has 0 radical (unpaired) electrons. The van der Waals surface area contributed by atoms with Gasteiger partial charge in [-0.3, -0.25) is 4.79 Å². The number of anilines is 1. The third kappa shape index (κ3) is 2.43. The Bertz CT molecular complexity index is 731. The van der Waals surface area contributed by atoms with Gasteiger partial charge in [0.15, 0.2) is 0 Å². The first-order chi connectivity index (χ1) is 11.7. The summed E-state index contributed by atoms with van der Waals surface area (Å²) < 4.78 is 0. The van der Waals surface area contributed by atoms with Crippen LogP contribution in [-0.2, 0) is 4.79 Å². The lowest BCUT2D eigenvalue weighted by atomic mass is 10.0. The molecule has 4 rings (SSSR count). The topological polar surface area (TPSA) is 85.4 Å². The van der Waals surface area contributed by atoms with Crippen LogP contribution < -0.4 is 4.90 Å². The maximum atomic E-state index is 11.7. The second-order valence-corrected chi connectivity index (χ2v) is 6.83. The highest BCUT2D eigenvalue weighted by Crippen LogP contribution is 2.41. The summed E-state index contributed by atoms with van der Waals surface area (Å²) >= 11 is 0. The lowest BCUT2D eigenvalue weighted by Gasteiger charge is -2.30. The lowest BCUT2D eigenvalue weighted by molar-refractivity contribution is -0.133. The molecule has 1 saturated carbocycles. The van der Waals surface area contributed by atoms with E-state index in [1.54, 1.807) is 6.33 Å². The second kappa shape index (κ2) is 6.05. The normalized spacial score (nSPS) is 26.1. The quantitative estimate of drug-likeness (QED) is 0.874. The minimum Gasteiger partial charge on any atom is -0.387 e. The summed E-state index contributed by atoms with van der Waals surface area (Å²) in [5.74, 6) is 1.92. The van der Waals surface area contributed by atoms with E-state index in [-0.39, 0.29) is 12.5 Å². The molecule has 0 bridgehead atoms. The summed E-state index contributed by atoms with van der Waals surface area (Å²) in [6.45, 7) is 4.25. The van der Waals surface area contributed by atoms with Gasteiger partial charge in [0, 0.05) is 31.9 Å². The summed E-state index contributed by atoms with van der Waals surface area (Å²) in [5, 5.41) is 10.1. The van der Waals surface area contributed by atoms with Crippen LogP contribution in [-0.4, -0.2) is 63.1 Å². The van der Waals surface area contributed by atoms with Gasteiger partial charge in [-0.25, -0.2) is 9.97 Å². The number of nitrogens with zero attached hydrogens (tertiary/aromatic N) is 4. The van der Waals surface area contributed by atoms with Crippen molar-refractivity contribution in [3.05, 3.63) is 18.6 Å². The summed E-state index contributed by atoms with van der Waals surface area (Å²) in [7, 11) is 0. The van der Waals surface area contributed by atoms with E-state index in [9.17, 15) is 4.79 Å². The number of carbonyl (C=O) groups excluding carboxylic acids is 1. The number of likely N-dealkylation sites (tertiary alicyclic amines) is 1. The fourth-order valence-electron chi connectivity index (χ4n) is 4.49. The van der Waals surface area contributed by atoms with Crippen LogP contribution in [0.3, 0.4) is 0 Å². The van der Waals surface area contributed by atoms with E-state index in [0.29, 0.717) is 17.9 Å². The highest BCUT2D eigenvalue weighted by molar-refractivity contribution is 5.87. The number of carbonyl (C=O) groups is 1. The Morgan fingerprint density at radius 3 is 2.79 bits per heavy atom. The van der Waals surface area contributed by atoms with Crippen molar-refractivity contribution >= 4 is 22.8 Å². The van der Waals surface area contributed by atoms with Gasteiger partial charge in [-0.05, 0) is 37.7 Å². The van der Waals surface area contributed by atoms with Gasteiger partial charge in [-0.2, -0.15) is 0 Å². The highest BCUT2D eigenvalue weighted by atomic mass is 16.3. The lowest BCUT2D eigenvalue weighted by Crippen LogP contribution is -2.37. The molecule has 1 saturated heterocycles. The number of aromatic amines is 1. The molecule has 1 aliphatic carbocycles. The number of aliphatic hydroxyl groups excluding tert-OH is 1. The number of nitrogens with one attached hydrogen (secondary N) is 1. The van der Waals surface area contributed by atoms with E-state index in [4.69, 9.17) is 5.11 Å². The fourth-order valence-corrected chi connectivity index (χ4v) is 4.49. The zero-order valence-corrected chi connectivity index (χ0v) is 13.9. The van der Waals surface area contributed by atoms with Crippen LogP contribution in [0.1, 0.15) is 19.8 Å². The van der Waals surface area contributed by atoms with Crippen molar-refractivity contribution in [1.29, 1.82) is 0 Å². The molecule has 128 valence electrons. The molecule has 2 aliphatic rings. The average Bonchev–Trinajstić information content (AvgIpc) is 3.29. The van der Waals surface area contributed by atoms with E-state index < -0.39 is 0 Å². The van der Waals surface area contributed by atoms with E-state index in [1.165, 1.54) is 0 Å². The van der Waals surface area contributed by atoms with E-state index in [1.807, 2.05) is 17.2 Å². The van der Waals surface area contributed by atoms with Crippen molar-refractivity contribution in [2.45, 2.75) is 25.8 Å². The molecule has 1 amide bonds. The molecule has 2 fully saturated rings. The molecule has 3 atom stereocenters. The van der Waals surface area contributed by atoms with Crippen LogP contribution in [0, 0.1) is 11.8 Å². The first kappa shape index (κ1) is 15.4. The predicted molar refractivity (Wildman–Crippen MR) is 90.6 cm³/mol. The summed E-state index contributed by atoms with van der Waals surface area (Å²) in [6, 6.07) is 2.48. The molecule has 2 N–H and O–H groups in total. The predicted octanol–water partition coefficient (Wildman–Crippen LogP) is 1.01. The standard InChI is InChI=1S/C17H23N5O2/c1-2-22(17-14-3-4-18-16(14)19-10-20-17)13-5-11-7-21(15(24)9-23)8-12(11)6-13/h3-4,10-13,23H,2,5-9H2,1H3,(H,18,19,20)/t11-,12+,13-. The van der Waals surface area contributed by atoms with Crippen LogP contribution in [0.25, 0.3) is 11.0 Å². The smallest absolute Gasteiger partial charge is 0.248 e. The third-order valence-electron chi connectivity index (χ3n) is 5.60. The van der Waals surface area contributed by atoms with Crippen LogP contribution in [0.2, 0.25) is 0 Å². The number of hydrogen-bond acceptors (Lipinski definition) is 5. The van der Waals surface area contributed by atoms with Crippen LogP contribution in [0.5, 0.6) is 0 Å². The van der Waals surface area contributed by atoms with Gasteiger partial charge in [0.1, 0.15) is 24.4 Å². The maximum absolute atomic E-state index is 11.7. The highest BCUT2D eigenvalue weighted by Gasteiger charge is 2.44. The van der Waals surface area contributed by atoms with Gasteiger partial charge in [0.05, 0.1) is 5.39 Å². The summed E-state index contributed by atoms with van der Waals surface area (Å²) in [4.78, 5) is 27.9. The molecule has 3 heterocycles. The Labute approximate surface area is 140 Å². The van der Waals surface area contributed by atoms with Gasteiger partial charge in [0.25, 0.3) is 0 Å². The number of fused-ring (bicyclic) bond motifs is 2. The van der Waals surface area contributed by atoms with Gasteiger partial charge in [0.2, 0.25) is 5.91 Å². The molecular weight excluding hydrogens is 306 g/mol. The second-order valence-electron chi connectivity index (χ2n) is 6.83. The Kier molecular flexibility index (Phi) is 3.88. The van der Waals surface area contributed by atoms with E-state index in [0.717, 1.165) is 49.3 Å². The monoisotopic (exact) mass is 329 g/mol. The molecule has 1 aliphatic heterocycles. The van der Waals surface area contributed by atoms with Crippen molar-refractivity contribution in [2.24, 2.45) is 11.8 Å². The van der Waals surface area contributed by atoms with Crippen LogP contribution in [0.15, 0.2) is 18.6 Å². The molecule has 24 heavy (non-hydrogen) atoms. The molecule has 0 spiro atoms. The largest absolute Gasteiger partial charge is 0.387 e. The number of amides is 1. The maximum Gasteiger partial charge on any atom is 0.248 e. The molecule has 0 unspecified atom stereocenters. The van der Waals surface area contributed by atoms with E-state index >= 15 is 0 Å². The fraction of sp³-hybridized carbons (Fsp3) is 0.588. The summed E-state index contributed by atoms with van der Waals surface area (Å²) in [5.41, 5.74) is 0.872. The Morgan fingerprint density at radius 2 is 2.12 bits per heavy atom. The SMILES string of the molecule is CCN(c1ncnc2[nH]ccc12)[C@@H]1C[C@@H]2CN(C(=O)CO)C[C@@H]2C1. The minimum absolute atomic E-state index is 0.141. The first-order valence-corrected chi connectivity index (χ1v) is 8.64. The first-order valence-electron chi connectivity index (χ1n) is 8.64. The number of aromatic nitrogens is 3. The van der Waals surface area contributed by atoms with Gasteiger partial charge in [-0.15, -0.1) is 0 Å². The molecule has 0 aromatic carbocycles. The third-order valence-corrected chi connectivity index (χ3v) is 5.60. The van der Waals surface area contributed by atoms with Crippen LogP contribution >= 0.6 is 0 Å². The van der Waals surface area contributed by atoms with E-state index in [2.05, 4.69) is 26.8 Å². The van der Waals surface area contributed by atoms with Crippen molar-refractivity contribution < 1.29 is 9.90 Å². The molecule has 2 aromatic rings. The number of rotatable bonds is 4. The number of hydrogen-bond donors (Lipinski definition) is 2. The Balaban J connectivity index is 1.53. The van der Waals surface area contributed by atoms with Crippen LogP contribution in [0.4, 0.5) is 5.82 Å². The molecule has 7 nitrogen and oxygen atoms in total. The Morgan fingerprint density at radius 1 is 1.38 bits per heavy atom. The zero-order valence-electron chi connectivity index (χ0n) is 13.9. The molecule has 7 heteroatoms. The zero-order chi connectivity index (χ0) is 16.7. The Hall–Kier alpha value is -2.15. The number of aliphatic hydroxyl groups is 1. The average molecular weight is 329 g/mol.